The monoisotopic (exact) mass is 332 g/mol. The summed E-state index contributed by atoms with van der Waals surface area (Å²) in [5.41, 5.74) is 1.91. The zero-order valence-corrected chi connectivity index (χ0v) is 14.7. The van der Waals surface area contributed by atoms with Crippen LogP contribution in [0.5, 0.6) is 5.75 Å². The van der Waals surface area contributed by atoms with E-state index in [0.717, 1.165) is 18.8 Å². The topological polar surface area (TPSA) is 41.6 Å². The summed E-state index contributed by atoms with van der Waals surface area (Å²) in [7, 11) is 1.62. The van der Waals surface area contributed by atoms with Gasteiger partial charge in [-0.3, -0.25) is 9.69 Å². The molecule has 0 aliphatic rings. The van der Waals surface area contributed by atoms with Gasteiger partial charge in [0.05, 0.1) is 13.2 Å². The summed E-state index contributed by atoms with van der Waals surface area (Å²) in [6.45, 7) is 6.80. The average Bonchev–Trinajstić information content (AvgIpc) is 3.12. The molecule has 4 nitrogen and oxygen atoms in total. The first-order valence-electron chi connectivity index (χ1n) is 7.88. The van der Waals surface area contributed by atoms with Crippen molar-refractivity contribution in [2.45, 2.75) is 19.9 Å². The van der Waals surface area contributed by atoms with E-state index in [2.05, 4.69) is 40.9 Å². The molecule has 0 spiro atoms. The van der Waals surface area contributed by atoms with E-state index in [-0.39, 0.29) is 11.9 Å². The molecule has 1 aromatic carbocycles. The first-order chi connectivity index (χ1) is 11.2. The molecule has 2 aromatic rings. The molecule has 0 aliphatic heterocycles. The molecule has 0 fully saturated rings. The number of hydrogen-bond acceptors (Lipinski definition) is 4. The van der Waals surface area contributed by atoms with Crippen molar-refractivity contribution in [2.75, 3.05) is 26.7 Å². The Kier molecular flexibility index (Phi) is 6.62. The third kappa shape index (κ3) is 4.56. The summed E-state index contributed by atoms with van der Waals surface area (Å²) >= 11 is 1.69. The van der Waals surface area contributed by atoms with Crippen molar-refractivity contribution in [2.24, 2.45) is 0 Å². The fourth-order valence-electron chi connectivity index (χ4n) is 2.62. The highest BCUT2D eigenvalue weighted by Crippen LogP contribution is 2.22. The van der Waals surface area contributed by atoms with Gasteiger partial charge in [-0.25, -0.2) is 0 Å². The Labute approximate surface area is 142 Å². The van der Waals surface area contributed by atoms with Crippen LogP contribution in [0.4, 0.5) is 0 Å². The first-order valence-corrected chi connectivity index (χ1v) is 8.82. The van der Waals surface area contributed by atoms with Crippen LogP contribution in [0, 0.1) is 0 Å². The molecule has 23 heavy (non-hydrogen) atoms. The average molecular weight is 332 g/mol. The number of carbonyl (C=O) groups excluding carboxylic acids is 1. The third-order valence-electron chi connectivity index (χ3n) is 3.99. The van der Waals surface area contributed by atoms with Crippen LogP contribution in [0.1, 0.15) is 35.8 Å². The van der Waals surface area contributed by atoms with Crippen LogP contribution < -0.4 is 10.1 Å². The predicted octanol–water partition coefficient (Wildman–Crippen LogP) is 3.57. The van der Waals surface area contributed by atoms with Crippen LogP contribution in [-0.4, -0.2) is 37.6 Å². The Morgan fingerprint density at radius 3 is 2.43 bits per heavy atom. The van der Waals surface area contributed by atoms with Gasteiger partial charge in [-0.2, -0.15) is 11.3 Å². The largest absolute Gasteiger partial charge is 0.497 e. The zero-order chi connectivity index (χ0) is 16.7. The number of ether oxygens (including phenoxy) is 1. The van der Waals surface area contributed by atoms with E-state index in [1.807, 2.05) is 0 Å². The fraction of sp³-hybridized carbons (Fsp3) is 0.389. The van der Waals surface area contributed by atoms with Crippen molar-refractivity contribution >= 4 is 17.2 Å². The number of likely N-dealkylation sites (N-methyl/N-ethyl adjacent to an activating group) is 1. The lowest BCUT2D eigenvalue weighted by Gasteiger charge is -2.29. The van der Waals surface area contributed by atoms with Crippen LogP contribution in [-0.2, 0) is 0 Å². The number of hydrogen-bond donors (Lipinski definition) is 1. The number of nitrogens with one attached hydrogen (secondary N) is 1. The molecule has 2 rings (SSSR count). The summed E-state index contributed by atoms with van der Waals surface area (Å²) in [5, 5.41) is 7.29. The molecule has 0 aliphatic carbocycles. The standard InChI is InChI=1S/C18H24N2O2S/c1-4-20(5-2)17(15-10-11-23-13-15)12-19-18(21)14-6-8-16(22-3)9-7-14/h6-11,13,17H,4-5,12H2,1-3H3,(H,19,21). The maximum atomic E-state index is 12.3. The van der Waals surface area contributed by atoms with Crippen LogP contribution in [0.3, 0.4) is 0 Å². The fourth-order valence-corrected chi connectivity index (χ4v) is 3.33. The van der Waals surface area contributed by atoms with Gasteiger partial charge < -0.3 is 10.1 Å². The summed E-state index contributed by atoms with van der Waals surface area (Å²) in [5.74, 6) is 0.695. The molecule has 1 unspecified atom stereocenters. The molecule has 1 heterocycles. The Hall–Kier alpha value is -1.85. The van der Waals surface area contributed by atoms with Gasteiger partial charge in [0.1, 0.15) is 5.75 Å². The summed E-state index contributed by atoms with van der Waals surface area (Å²) in [6, 6.07) is 9.51. The van der Waals surface area contributed by atoms with Gasteiger partial charge in [0.15, 0.2) is 0 Å². The summed E-state index contributed by atoms with van der Waals surface area (Å²) in [4.78, 5) is 14.7. The molecule has 0 saturated heterocycles. The second kappa shape index (κ2) is 8.70. The maximum Gasteiger partial charge on any atom is 0.251 e. The van der Waals surface area contributed by atoms with Gasteiger partial charge in [-0.05, 0) is 59.7 Å². The molecule has 1 amide bonds. The van der Waals surface area contributed by atoms with Gasteiger partial charge >= 0.3 is 0 Å². The number of rotatable bonds is 8. The van der Waals surface area contributed by atoms with E-state index in [1.54, 1.807) is 42.7 Å². The smallest absolute Gasteiger partial charge is 0.251 e. The van der Waals surface area contributed by atoms with Gasteiger partial charge in [-0.1, -0.05) is 13.8 Å². The second-order valence-corrected chi connectivity index (χ2v) is 6.01. The van der Waals surface area contributed by atoms with E-state index in [9.17, 15) is 4.79 Å². The van der Waals surface area contributed by atoms with Gasteiger partial charge in [0.2, 0.25) is 0 Å². The molecule has 1 aromatic heterocycles. The minimum absolute atomic E-state index is 0.0555. The number of amides is 1. The van der Waals surface area contributed by atoms with Crippen molar-refractivity contribution in [1.82, 2.24) is 10.2 Å². The highest BCUT2D eigenvalue weighted by atomic mass is 32.1. The van der Waals surface area contributed by atoms with E-state index in [0.29, 0.717) is 12.1 Å². The normalized spacial score (nSPS) is 12.2. The summed E-state index contributed by atoms with van der Waals surface area (Å²) < 4.78 is 5.12. The van der Waals surface area contributed by atoms with E-state index in [1.165, 1.54) is 5.56 Å². The zero-order valence-electron chi connectivity index (χ0n) is 13.9. The van der Waals surface area contributed by atoms with Crippen LogP contribution in [0.2, 0.25) is 0 Å². The lowest BCUT2D eigenvalue weighted by atomic mass is 10.1. The molecule has 1 N–H and O–H groups in total. The van der Waals surface area contributed by atoms with E-state index < -0.39 is 0 Å². The number of nitrogens with zero attached hydrogens (tertiary/aromatic N) is 1. The SMILES string of the molecule is CCN(CC)C(CNC(=O)c1ccc(OC)cc1)c1ccsc1. The Bertz CT molecular complexity index is 592. The highest BCUT2D eigenvalue weighted by molar-refractivity contribution is 7.07. The third-order valence-corrected chi connectivity index (χ3v) is 4.69. The molecule has 5 heteroatoms. The molecule has 0 bridgehead atoms. The van der Waals surface area contributed by atoms with Crippen molar-refractivity contribution in [3.05, 3.63) is 52.2 Å². The van der Waals surface area contributed by atoms with Gasteiger partial charge in [-0.15, -0.1) is 0 Å². The number of thiophene rings is 1. The lowest BCUT2D eigenvalue weighted by Crippen LogP contribution is -2.37. The molecule has 124 valence electrons. The Morgan fingerprint density at radius 2 is 1.91 bits per heavy atom. The molecule has 1 atom stereocenters. The van der Waals surface area contributed by atoms with Crippen molar-refractivity contribution in [3.8, 4) is 5.75 Å². The van der Waals surface area contributed by atoms with Crippen LogP contribution >= 0.6 is 11.3 Å². The van der Waals surface area contributed by atoms with Crippen molar-refractivity contribution < 1.29 is 9.53 Å². The van der Waals surface area contributed by atoms with Crippen molar-refractivity contribution in [1.29, 1.82) is 0 Å². The number of methoxy groups -OCH3 is 1. The number of carbonyl (C=O) groups is 1. The summed E-state index contributed by atoms with van der Waals surface area (Å²) in [6.07, 6.45) is 0. The molecule has 0 radical (unpaired) electrons. The number of benzene rings is 1. The Balaban J connectivity index is 2.03. The maximum absolute atomic E-state index is 12.3. The molecular weight excluding hydrogens is 308 g/mol. The van der Waals surface area contributed by atoms with Crippen molar-refractivity contribution in [3.63, 3.8) is 0 Å². The highest BCUT2D eigenvalue weighted by Gasteiger charge is 2.19. The first kappa shape index (κ1) is 17.5. The quantitative estimate of drug-likeness (QED) is 0.803. The molecule has 0 saturated carbocycles. The molecular formula is C18H24N2O2S. The minimum atomic E-state index is -0.0555. The second-order valence-electron chi connectivity index (χ2n) is 5.23. The minimum Gasteiger partial charge on any atom is -0.497 e. The Morgan fingerprint density at radius 1 is 1.22 bits per heavy atom. The predicted molar refractivity (Wildman–Crippen MR) is 95.3 cm³/mol. The van der Waals surface area contributed by atoms with Gasteiger partial charge in [0.25, 0.3) is 5.91 Å². The lowest BCUT2D eigenvalue weighted by molar-refractivity contribution is 0.0935. The van der Waals surface area contributed by atoms with Crippen LogP contribution in [0.25, 0.3) is 0 Å². The van der Waals surface area contributed by atoms with Crippen LogP contribution in [0.15, 0.2) is 41.1 Å². The van der Waals surface area contributed by atoms with E-state index >= 15 is 0 Å². The van der Waals surface area contributed by atoms with E-state index in [4.69, 9.17) is 4.74 Å². The van der Waals surface area contributed by atoms with Gasteiger partial charge in [0, 0.05) is 12.1 Å².